The van der Waals surface area contributed by atoms with Crippen molar-refractivity contribution in [2.45, 2.75) is 105 Å². The Morgan fingerprint density at radius 1 is 1.06 bits per heavy atom. The van der Waals surface area contributed by atoms with Gasteiger partial charge in [-0.25, -0.2) is 0 Å². The molecule has 0 aromatic carbocycles. The number of Topliss-reactive ketones (excluding diaryl/α,β-unsaturated/α-hetero) is 1. The fourth-order valence-corrected chi connectivity index (χ4v) is 8.31. The molecule has 4 nitrogen and oxygen atoms in total. The highest BCUT2D eigenvalue weighted by molar-refractivity contribution is 6.02. The number of carbonyl (C=O) groups excluding carboxylic acids is 1. The fraction of sp³-hybridized carbons (Fsp3) is 0.800. The third-order valence-corrected chi connectivity index (χ3v) is 11.3. The Morgan fingerprint density at radius 3 is 2.29 bits per heavy atom. The molecule has 4 aliphatic carbocycles. The van der Waals surface area contributed by atoms with Crippen LogP contribution in [0.2, 0.25) is 0 Å². The normalized spacial score (nSPS) is 43.1. The predicted octanol–water partition coefficient (Wildman–Crippen LogP) is 6.13. The van der Waals surface area contributed by atoms with Gasteiger partial charge in [0.25, 0.3) is 0 Å². The van der Waals surface area contributed by atoms with E-state index in [0.717, 1.165) is 57.8 Å². The van der Waals surface area contributed by atoms with E-state index in [9.17, 15) is 20.3 Å². The van der Waals surface area contributed by atoms with Gasteiger partial charge < -0.3 is 10.2 Å². The average molecular weight is 468 g/mol. The Kier molecular flexibility index (Phi) is 6.27. The van der Waals surface area contributed by atoms with Crippen LogP contribution in [-0.4, -0.2) is 28.7 Å². The quantitative estimate of drug-likeness (QED) is 0.487. The molecule has 0 spiro atoms. The lowest BCUT2D eigenvalue weighted by molar-refractivity contribution is -0.124. The minimum atomic E-state index is -0.522. The van der Waals surface area contributed by atoms with Crippen molar-refractivity contribution in [1.29, 1.82) is 5.26 Å². The number of nitrogens with zero attached hydrogens (tertiary/aromatic N) is 1. The van der Waals surface area contributed by atoms with Crippen LogP contribution in [0.1, 0.15) is 99.3 Å². The summed E-state index contributed by atoms with van der Waals surface area (Å²) in [6, 6.07) is 2.16. The standard InChI is InChI=1S/C30H45NO3/c1-20-23-7-8-29(6)24(28(23,5)16-21(18-31)25(20)34)15-22(33)17-27(29,4)11-14-30(19-32)12-9-26(2,3)10-13-30/h15-16,20,22-23,32-33H,7-14,17,19H2,1-6H3/t20-,22+,23-,27+,28-,29+/m0/s1. The summed E-state index contributed by atoms with van der Waals surface area (Å²) < 4.78 is 0. The molecule has 0 saturated heterocycles. The molecule has 0 aromatic heterocycles. The van der Waals surface area contributed by atoms with Crippen LogP contribution in [0, 0.1) is 50.2 Å². The van der Waals surface area contributed by atoms with E-state index in [4.69, 9.17) is 0 Å². The molecule has 0 amide bonds. The molecule has 0 aliphatic heterocycles. The van der Waals surface area contributed by atoms with Crippen molar-refractivity contribution in [3.05, 3.63) is 23.3 Å². The average Bonchev–Trinajstić information content (AvgIpc) is 2.78. The molecule has 4 rings (SSSR count). The SMILES string of the molecule is C[C@@H]1C(=O)C(C#N)=C[C@]2(C)C3=C[C@@H](O)C[C@@](C)(CCC4(CO)CCC(C)(C)CC4)[C@]3(C)CC[C@@H]12. The number of carbonyl (C=O) groups is 1. The molecule has 6 atom stereocenters. The number of aliphatic hydroxyl groups excluding tert-OH is 2. The molecule has 34 heavy (non-hydrogen) atoms. The van der Waals surface area contributed by atoms with Crippen LogP contribution in [0.25, 0.3) is 0 Å². The van der Waals surface area contributed by atoms with Crippen molar-refractivity contribution >= 4 is 5.78 Å². The van der Waals surface area contributed by atoms with Crippen molar-refractivity contribution in [3.63, 3.8) is 0 Å². The molecular formula is C30H45NO3. The predicted molar refractivity (Wildman–Crippen MR) is 135 cm³/mol. The maximum atomic E-state index is 12.8. The van der Waals surface area contributed by atoms with E-state index in [1.807, 2.05) is 13.0 Å². The number of aliphatic hydroxyl groups is 2. The molecule has 2 saturated carbocycles. The molecule has 4 heteroatoms. The third-order valence-electron chi connectivity index (χ3n) is 11.3. The zero-order valence-corrected chi connectivity index (χ0v) is 22.2. The van der Waals surface area contributed by atoms with Crippen molar-refractivity contribution in [2.75, 3.05) is 6.61 Å². The Balaban J connectivity index is 1.68. The molecule has 4 aliphatic rings. The Labute approximate surface area is 206 Å². The third kappa shape index (κ3) is 3.82. The lowest BCUT2D eigenvalue weighted by Gasteiger charge is -2.62. The number of fused-ring (bicyclic) bond motifs is 3. The summed E-state index contributed by atoms with van der Waals surface area (Å²) in [7, 11) is 0. The Bertz CT molecular complexity index is 945. The number of nitriles is 1. The zero-order valence-electron chi connectivity index (χ0n) is 22.2. The van der Waals surface area contributed by atoms with E-state index in [-0.39, 0.29) is 46.0 Å². The van der Waals surface area contributed by atoms with E-state index in [1.54, 1.807) is 0 Å². The van der Waals surface area contributed by atoms with Crippen LogP contribution in [0.3, 0.4) is 0 Å². The van der Waals surface area contributed by atoms with Crippen molar-refractivity contribution in [1.82, 2.24) is 0 Å². The Morgan fingerprint density at radius 2 is 1.71 bits per heavy atom. The van der Waals surface area contributed by atoms with Crippen LogP contribution in [0.4, 0.5) is 0 Å². The van der Waals surface area contributed by atoms with Gasteiger partial charge in [-0.2, -0.15) is 5.26 Å². The second-order valence-corrected chi connectivity index (χ2v) is 13.8. The highest BCUT2D eigenvalue weighted by Crippen LogP contribution is 2.68. The topological polar surface area (TPSA) is 81.3 Å². The monoisotopic (exact) mass is 467 g/mol. The van der Waals surface area contributed by atoms with Gasteiger partial charge in [-0.15, -0.1) is 0 Å². The molecule has 2 N–H and O–H groups in total. The maximum absolute atomic E-state index is 12.8. The minimum absolute atomic E-state index is 0.0120. The van der Waals surface area contributed by atoms with Gasteiger partial charge in [0, 0.05) is 17.9 Å². The molecule has 0 radical (unpaired) electrons. The molecule has 188 valence electrons. The van der Waals surface area contributed by atoms with E-state index >= 15 is 0 Å². The van der Waals surface area contributed by atoms with E-state index < -0.39 is 11.5 Å². The van der Waals surface area contributed by atoms with Gasteiger partial charge in [-0.1, -0.05) is 59.3 Å². The first kappa shape index (κ1) is 25.6. The molecular weight excluding hydrogens is 422 g/mol. The largest absolute Gasteiger partial charge is 0.396 e. The molecule has 2 fully saturated rings. The summed E-state index contributed by atoms with van der Waals surface area (Å²) in [6.07, 6.45) is 12.6. The summed E-state index contributed by atoms with van der Waals surface area (Å²) in [5.74, 6) is -0.0441. The van der Waals surface area contributed by atoms with Crippen molar-refractivity contribution in [2.24, 2.45) is 38.9 Å². The van der Waals surface area contributed by atoms with Crippen LogP contribution < -0.4 is 0 Å². The van der Waals surface area contributed by atoms with Crippen molar-refractivity contribution in [3.8, 4) is 6.07 Å². The number of ketones is 1. The zero-order chi connectivity index (χ0) is 25.2. The summed E-state index contributed by atoms with van der Waals surface area (Å²) in [6.45, 7) is 13.8. The number of rotatable bonds is 4. The van der Waals surface area contributed by atoms with Gasteiger partial charge in [0.1, 0.15) is 6.07 Å². The minimum Gasteiger partial charge on any atom is -0.396 e. The van der Waals surface area contributed by atoms with Crippen LogP contribution in [0.15, 0.2) is 23.3 Å². The fourth-order valence-electron chi connectivity index (χ4n) is 8.31. The highest BCUT2D eigenvalue weighted by Gasteiger charge is 2.61. The van der Waals surface area contributed by atoms with Crippen LogP contribution >= 0.6 is 0 Å². The number of allylic oxidation sites excluding steroid dienone is 3. The highest BCUT2D eigenvalue weighted by atomic mass is 16.3. The van der Waals surface area contributed by atoms with Gasteiger partial charge in [0.2, 0.25) is 0 Å². The first-order valence-electron chi connectivity index (χ1n) is 13.4. The van der Waals surface area contributed by atoms with Crippen LogP contribution in [-0.2, 0) is 4.79 Å². The number of hydrogen-bond donors (Lipinski definition) is 2. The first-order valence-corrected chi connectivity index (χ1v) is 13.4. The lowest BCUT2D eigenvalue weighted by atomic mass is 9.41. The van der Waals surface area contributed by atoms with E-state index in [1.165, 1.54) is 5.57 Å². The maximum Gasteiger partial charge on any atom is 0.176 e. The molecule has 0 aromatic rings. The molecule has 0 bridgehead atoms. The van der Waals surface area contributed by atoms with Gasteiger partial charge >= 0.3 is 0 Å². The first-order chi connectivity index (χ1) is 15.7. The van der Waals surface area contributed by atoms with E-state index in [2.05, 4.69) is 46.8 Å². The van der Waals surface area contributed by atoms with Gasteiger partial charge in [-0.3, -0.25) is 4.79 Å². The summed E-state index contributed by atoms with van der Waals surface area (Å²) in [4.78, 5) is 12.8. The summed E-state index contributed by atoms with van der Waals surface area (Å²) >= 11 is 0. The molecule has 0 heterocycles. The Hall–Kier alpha value is -1.44. The van der Waals surface area contributed by atoms with Gasteiger partial charge in [-0.05, 0) is 85.4 Å². The lowest BCUT2D eigenvalue weighted by Crippen LogP contribution is -2.56. The summed E-state index contributed by atoms with van der Waals surface area (Å²) in [5, 5.41) is 31.2. The second kappa shape index (κ2) is 8.31. The van der Waals surface area contributed by atoms with Gasteiger partial charge in [0.05, 0.1) is 11.7 Å². The summed E-state index contributed by atoms with van der Waals surface area (Å²) in [5.41, 5.74) is 1.25. The van der Waals surface area contributed by atoms with Gasteiger partial charge in [0.15, 0.2) is 5.78 Å². The second-order valence-electron chi connectivity index (χ2n) is 13.8. The smallest absolute Gasteiger partial charge is 0.176 e. The van der Waals surface area contributed by atoms with Crippen LogP contribution in [0.5, 0.6) is 0 Å². The molecule has 0 unspecified atom stereocenters. The van der Waals surface area contributed by atoms with Crippen molar-refractivity contribution < 1.29 is 15.0 Å². The van der Waals surface area contributed by atoms with E-state index in [0.29, 0.717) is 5.41 Å². The number of hydrogen-bond acceptors (Lipinski definition) is 4.